The number of nitrogens with one attached hydrogen (secondary N) is 1. The molecule has 1 amide bonds. The first kappa shape index (κ1) is 20.9. The van der Waals surface area contributed by atoms with Gasteiger partial charge in [-0.3, -0.25) is 4.79 Å². The minimum Gasteiger partial charge on any atom is -0.497 e. The van der Waals surface area contributed by atoms with Crippen molar-refractivity contribution in [1.29, 1.82) is 5.26 Å². The molecule has 2 aromatic carbocycles. The number of hydrogen-bond acceptors (Lipinski definition) is 3. The molecule has 0 bridgehead atoms. The molecule has 152 valence electrons. The minimum absolute atomic E-state index is 0.0434. The van der Waals surface area contributed by atoms with Crippen molar-refractivity contribution in [2.45, 2.75) is 27.2 Å². The largest absolute Gasteiger partial charge is 0.497 e. The van der Waals surface area contributed by atoms with Crippen LogP contribution in [0.4, 0.5) is 5.69 Å². The van der Waals surface area contributed by atoms with Crippen LogP contribution >= 0.6 is 0 Å². The summed E-state index contributed by atoms with van der Waals surface area (Å²) in [7, 11) is 1.56. The van der Waals surface area contributed by atoms with Gasteiger partial charge in [-0.2, -0.15) is 5.26 Å². The number of ether oxygens (including phenoxy) is 1. The summed E-state index contributed by atoms with van der Waals surface area (Å²) >= 11 is 0. The number of nitrogens with zero attached hydrogens (tertiary/aromatic N) is 2. The number of aromatic nitrogens is 1. The van der Waals surface area contributed by atoms with Crippen molar-refractivity contribution in [2.75, 3.05) is 12.4 Å². The van der Waals surface area contributed by atoms with Gasteiger partial charge in [-0.1, -0.05) is 31.2 Å². The third kappa shape index (κ3) is 4.28. The average molecular weight is 399 g/mol. The van der Waals surface area contributed by atoms with Gasteiger partial charge in [-0.05, 0) is 61.7 Å². The molecule has 3 rings (SSSR count). The predicted octanol–water partition coefficient (Wildman–Crippen LogP) is 5.21. The average Bonchev–Trinajstić information content (AvgIpc) is 3.04. The first-order valence-corrected chi connectivity index (χ1v) is 9.83. The standard InChI is InChI=1S/C25H25N3O2/c1-5-19-9-6-7-12-24(19)28-17(2)13-20(18(28)3)14-21(16-26)25(29)27-22-10-8-11-23(15-22)30-4/h6-15H,5H2,1-4H3,(H,27,29)/b21-14-. The summed E-state index contributed by atoms with van der Waals surface area (Å²) in [6.07, 6.45) is 2.56. The first-order valence-electron chi connectivity index (χ1n) is 9.83. The van der Waals surface area contributed by atoms with Crippen LogP contribution in [0.3, 0.4) is 0 Å². The molecule has 30 heavy (non-hydrogen) atoms. The van der Waals surface area contributed by atoms with Gasteiger partial charge in [0.25, 0.3) is 5.91 Å². The van der Waals surface area contributed by atoms with Gasteiger partial charge in [0, 0.05) is 28.8 Å². The van der Waals surface area contributed by atoms with Crippen molar-refractivity contribution in [3.63, 3.8) is 0 Å². The van der Waals surface area contributed by atoms with Crippen molar-refractivity contribution in [2.24, 2.45) is 0 Å². The van der Waals surface area contributed by atoms with E-state index in [1.54, 1.807) is 37.5 Å². The van der Waals surface area contributed by atoms with Gasteiger partial charge in [0.15, 0.2) is 0 Å². The molecule has 0 saturated heterocycles. The van der Waals surface area contributed by atoms with Gasteiger partial charge < -0.3 is 14.6 Å². The van der Waals surface area contributed by atoms with E-state index in [0.717, 1.165) is 29.1 Å². The van der Waals surface area contributed by atoms with E-state index < -0.39 is 5.91 Å². The van der Waals surface area contributed by atoms with Crippen LogP contribution in [0.1, 0.15) is 29.4 Å². The number of aryl methyl sites for hydroxylation is 2. The highest BCUT2D eigenvalue weighted by Gasteiger charge is 2.15. The Kier molecular flexibility index (Phi) is 6.38. The Hall–Kier alpha value is -3.78. The predicted molar refractivity (Wildman–Crippen MR) is 120 cm³/mol. The van der Waals surface area contributed by atoms with Crippen molar-refractivity contribution in [1.82, 2.24) is 4.57 Å². The monoisotopic (exact) mass is 399 g/mol. The highest BCUT2D eigenvalue weighted by molar-refractivity contribution is 6.09. The number of carbonyl (C=O) groups excluding carboxylic acids is 1. The molecule has 1 heterocycles. The SMILES string of the molecule is CCc1ccccc1-n1c(C)cc(/C=C(/C#N)C(=O)Nc2cccc(OC)c2)c1C. The third-order valence-corrected chi connectivity index (χ3v) is 5.08. The van der Waals surface area contributed by atoms with E-state index in [1.807, 2.05) is 38.1 Å². The van der Waals surface area contributed by atoms with Crippen LogP contribution in [0.25, 0.3) is 11.8 Å². The fourth-order valence-electron chi connectivity index (χ4n) is 3.54. The van der Waals surface area contributed by atoms with E-state index >= 15 is 0 Å². The van der Waals surface area contributed by atoms with E-state index in [4.69, 9.17) is 4.74 Å². The lowest BCUT2D eigenvalue weighted by molar-refractivity contribution is -0.112. The molecule has 5 nitrogen and oxygen atoms in total. The molecule has 1 N–H and O–H groups in total. The van der Waals surface area contributed by atoms with Crippen LogP contribution in [-0.4, -0.2) is 17.6 Å². The first-order chi connectivity index (χ1) is 14.5. The molecule has 0 fully saturated rings. The Bertz CT molecular complexity index is 1150. The van der Waals surface area contributed by atoms with Crippen LogP contribution in [0.5, 0.6) is 5.75 Å². The second-order valence-electron chi connectivity index (χ2n) is 7.00. The normalized spacial score (nSPS) is 11.1. The lowest BCUT2D eigenvalue weighted by Crippen LogP contribution is -2.13. The van der Waals surface area contributed by atoms with Crippen LogP contribution in [-0.2, 0) is 11.2 Å². The molecule has 0 aliphatic heterocycles. The number of hydrogen-bond donors (Lipinski definition) is 1. The molecule has 0 aliphatic rings. The van der Waals surface area contributed by atoms with Gasteiger partial charge in [-0.15, -0.1) is 0 Å². The van der Waals surface area contributed by atoms with Gasteiger partial charge in [0.2, 0.25) is 0 Å². The summed E-state index contributed by atoms with van der Waals surface area (Å²) in [5.41, 5.74) is 5.85. The van der Waals surface area contributed by atoms with E-state index in [9.17, 15) is 10.1 Å². The van der Waals surface area contributed by atoms with Crippen LogP contribution in [0, 0.1) is 25.2 Å². The maximum Gasteiger partial charge on any atom is 0.266 e. The second-order valence-corrected chi connectivity index (χ2v) is 7.00. The van der Waals surface area contributed by atoms with E-state index in [2.05, 4.69) is 28.9 Å². The molecular formula is C25H25N3O2. The highest BCUT2D eigenvalue weighted by Crippen LogP contribution is 2.26. The number of benzene rings is 2. The summed E-state index contributed by atoms with van der Waals surface area (Å²) < 4.78 is 7.34. The highest BCUT2D eigenvalue weighted by atomic mass is 16.5. The Morgan fingerprint density at radius 2 is 1.93 bits per heavy atom. The summed E-state index contributed by atoms with van der Waals surface area (Å²) in [6, 6.07) is 19.3. The van der Waals surface area contributed by atoms with Gasteiger partial charge >= 0.3 is 0 Å². The van der Waals surface area contributed by atoms with E-state index in [-0.39, 0.29) is 5.57 Å². The number of para-hydroxylation sites is 1. The van der Waals surface area contributed by atoms with Gasteiger partial charge in [0.1, 0.15) is 17.4 Å². The fraction of sp³-hybridized carbons (Fsp3) is 0.200. The quantitative estimate of drug-likeness (QED) is 0.457. The summed E-state index contributed by atoms with van der Waals surface area (Å²) in [4.78, 5) is 12.7. The Balaban J connectivity index is 1.95. The van der Waals surface area contributed by atoms with E-state index in [0.29, 0.717) is 11.4 Å². The third-order valence-electron chi connectivity index (χ3n) is 5.08. The van der Waals surface area contributed by atoms with Gasteiger partial charge in [0.05, 0.1) is 7.11 Å². The van der Waals surface area contributed by atoms with E-state index in [1.165, 1.54) is 5.56 Å². The number of anilines is 1. The van der Waals surface area contributed by atoms with Crippen molar-refractivity contribution >= 4 is 17.7 Å². The molecule has 0 spiro atoms. The van der Waals surface area contributed by atoms with Crippen molar-refractivity contribution < 1.29 is 9.53 Å². The molecule has 1 aromatic heterocycles. The zero-order valence-electron chi connectivity index (χ0n) is 17.7. The molecule has 5 heteroatoms. The van der Waals surface area contributed by atoms with Crippen molar-refractivity contribution in [3.8, 4) is 17.5 Å². The lowest BCUT2D eigenvalue weighted by atomic mass is 10.1. The molecule has 0 atom stereocenters. The van der Waals surface area contributed by atoms with Crippen LogP contribution in [0.15, 0.2) is 60.2 Å². The second kappa shape index (κ2) is 9.15. The Morgan fingerprint density at radius 3 is 2.63 bits per heavy atom. The molecule has 0 saturated carbocycles. The number of methoxy groups -OCH3 is 1. The minimum atomic E-state index is -0.454. The van der Waals surface area contributed by atoms with Crippen LogP contribution < -0.4 is 10.1 Å². The zero-order chi connectivity index (χ0) is 21.7. The smallest absolute Gasteiger partial charge is 0.266 e. The van der Waals surface area contributed by atoms with Crippen LogP contribution in [0.2, 0.25) is 0 Å². The number of carbonyl (C=O) groups is 1. The molecule has 0 aliphatic carbocycles. The molecule has 0 unspecified atom stereocenters. The van der Waals surface area contributed by atoms with Crippen molar-refractivity contribution in [3.05, 3.63) is 82.7 Å². The Labute approximate surface area is 177 Å². The lowest BCUT2D eigenvalue weighted by Gasteiger charge is -2.14. The molecule has 3 aromatic rings. The topological polar surface area (TPSA) is 67.0 Å². The summed E-state index contributed by atoms with van der Waals surface area (Å²) in [6.45, 7) is 6.16. The molecular weight excluding hydrogens is 374 g/mol. The summed E-state index contributed by atoms with van der Waals surface area (Å²) in [5.74, 6) is 0.179. The summed E-state index contributed by atoms with van der Waals surface area (Å²) in [5, 5.41) is 12.4. The maximum absolute atomic E-state index is 12.7. The van der Waals surface area contributed by atoms with Gasteiger partial charge in [-0.25, -0.2) is 0 Å². The number of rotatable bonds is 6. The zero-order valence-corrected chi connectivity index (χ0v) is 17.7. The Morgan fingerprint density at radius 1 is 1.17 bits per heavy atom. The maximum atomic E-state index is 12.7. The molecule has 0 radical (unpaired) electrons. The fourth-order valence-corrected chi connectivity index (χ4v) is 3.54. The number of nitriles is 1. The number of amides is 1.